The first kappa shape index (κ1) is 16.3. The molecule has 126 valence electrons. The molecule has 1 aromatic rings. The van der Waals surface area contributed by atoms with Gasteiger partial charge in [-0.25, -0.2) is 0 Å². The molecule has 3 rings (SSSR count). The molecule has 4 nitrogen and oxygen atoms in total. The Bertz CT molecular complexity index is 546. The lowest BCUT2D eigenvalue weighted by atomic mass is 9.92. The summed E-state index contributed by atoms with van der Waals surface area (Å²) in [5.74, 6) is 1.77. The summed E-state index contributed by atoms with van der Waals surface area (Å²) in [6.07, 6.45) is 3.11. The molecule has 2 aliphatic rings. The van der Waals surface area contributed by atoms with E-state index in [0.717, 1.165) is 50.3 Å². The van der Waals surface area contributed by atoms with Crippen LogP contribution in [0.15, 0.2) is 24.3 Å². The van der Waals surface area contributed by atoms with Gasteiger partial charge in [0.1, 0.15) is 5.75 Å². The zero-order valence-electron chi connectivity index (χ0n) is 14.3. The zero-order chi connectivity index (χ0) is 16.2. The van der Waals surface area contributed by atoms with E-state index in [1.54, 1.807) is 0 Å². The van der Waals surface area contributed by atoms with Gasteiger partial charge in [0.2, 0.25) is 5.91 Å². The monoisotopic (exact) mass is 316 g/mol. The Kier molecular flexibility index (Phi) is 5.21. The van der Waals surface area contributed by atoms with E-state index in [1.807, 2.05) is 24.3 Å². The molecule has 0 bridgehead atoms. The van der Waals surface area contributed by atoms with E-state index in [9.17, 15) is 4.79 Å². The van der Waals surface area contributed by atoms with Gasteiger partial charge in [0.05, 0.1) is 12.5 Å². The molecule has 2 heterocycles. The SMILES string of the molecule is CCCN(C)CC1CCN(C(=O)C2CCOc3ccccc32)C1. The van der Waals surface area contributed by atoms with Gasteiger partial charge in [0.25, 0.3) is 0 Å². The van der Waals surface area contributed by atoms with Crippen molar-refractivity contribution in [1.29, 1.82) is 0 Å². The van der Waals surface area contributed by atoms with Gasteiger partial charge in [-0.1, -0.05) is 25.1 Å². The highest BCUT2D eigenvalue weighted by atomic mass is 16.5. The molecule has 0 aliphatic carbocycles. The predicted octanol–water partition coefficient (Wildman–Crippen LogP) is 2.74. The molecule has 1 amide bonds. The summed E-state index contributed by atoms with van der Waals surface area (Å²) in [6, 6.07) is 7.99. The molecular formula is C19H28N2O2. The number of amides is 1. The number of para-hydroxylation sites is 1. The van der Waals surface area contributed by atoms with Crippen molar-refractivity contribution in [1.82, 2.24) is 9.80 Å². The van der Waals surface area contributed by atoms with Crippen LogP contribution in [0.5, 0.6) is 5.75 Å². The van der Waals surface area contributed by atoms with E-state index < -0.39 is 0 Å². The molecule has 1 saturated heterocycles. The Morgan fingerprint density at radius 2 is 2.17 bits per heavy atom. The summed E-state index contributed by atoms with van der Waals surface area (Å²) in [5, 5.41) is 0. The molecule has 0 aromatic heterocycles. The highest BCUT2D eigenvalue weighted by Crippen LogP contribution is 2.35. The molecule has 0 N–H and O–H groups in total. The van der Waals surface area contributed by atoms with Crippen LogP contribution in [0.25, 0.3) is 0 Å². The summed E-state index contributed by atoms with van der Waals surface area (Å²) in [6.45, 7) is 6.91. The molecule has 0 saturated carbocycles. The second-order valence-corrected chi connectivity index (χ2v) is 6.93. The number of hydrogen-bond acceptors (Lipinski definition) is 3. The van der Waals surface area contributed by atoms with Crippen LogP contribution in [0.2, 0.25) is 0 Å². The van der Waals surface area contributed by atoms with E-state index in [-0.39, 0.29) is 5.92 Å². The van der Waals surface area contributed by atoms with Crippen LogP contribution in [0, 0.1) is 5.92 Å². The van der Waals surface area contributed by atoms with Crippen LogP contribution in [-0.2, 0) is 4.79 Å². The minimum atomic E-state index is -0.0212. The Morgan fingerprint density at radius 1 is 1.35 bits per heavy atom. The van der Waals surface area contributed by atoms with Crippen molar-refractivity contribution in [2.45, 2.75) is 32.1 Å². The van der Waals surface area contributed by atoms with E-state index in [0.29, 0.717) is 18.4 Å². The smallest absolute Gasteiger partial charge is 0.230 e. The minimum Gasteiger partial charge on any atom is -0.493 e. The number of benzene rings is 1. The fourth-order valence-electron chi connectivity index (χ4n) is 3.91. The highest BCUT2D eigenvalue weighted by molar-refractivity contribution is 5.85. The fourth-order valence-corrected chi connectivity index (χ4v) is 3.91. The maximum Gasteiger partial charge on any atom is 0.230 e. The van der Waals surface area contributed by atoms with Crippen LogP contribution < -0.4 is 4.74 Å². The summed E-state index contributed by atoms with van der Waals surface area (Å²) < 4.78 is 5.69. The number of carbonyl (C=O) groups excluding carboxylic acids is 1. The molecule has 0 radical (unpaired) electrons. The molecule has 2 atom stereocenters. The van der Waals surface area contributed by atoms with Crippen molar-refractivity contribution in [3.63, 3.8) is 0 Å². The molecule has 2 unspecified atom stereocenters. The van der Waals surface area contributed by atoms with Crippen molar-refractivity contribution in [3.8, 4) is 5.75 Å². The van der Waals surface area contributed by atoms with Crippen LogP contribution >= 0.6 is 0 Å². The van der Waals surface area contributed by atoms with Crippen molar-refractivity contribution in [2.75, 3.05) is 39.8 Å². The second-order valence-electron chi connectivity index (χ2n) is 6.93. The molecule has 23 heavy (non-hydrogen) atoms. The Labute approximate surface area is 139 Å². The van der Waals surface area contributed by atoms with Crippen molar-refractivity contribution in [2.24, 2.45) is 5.92 Å². The lowest BCUT2D eigenvalue weighted by Gasteiger charge is -2.29. The first-order valence-corrected chi connectivity index (χ1v) is 8.88. The summed E-state index contributed by atoms with van der Waals surface area (Å²) >= 11 is 0. The van der Waals surface area contributed by atoms with Crippen LogP contribution in [0.3, 0.4) is 0 Å². The number of nitrogens with zero attached hydrogens (tertiary/aromatic N) is 2. The Hall–Kier alpha value is -1.55. The molecule has 2 aliphatic heterocycles. The minimum absolute atomic E-state index is 0.0212. The predicted molar refractivity (Wildman–Crippen MR) is 91.8 cm³/mol. The number of fused-ring (bicyclic) bond motifs is 1. The third kappa shape index (κ3) is 3.69. The van der Waals surface area contributed by atoms with Crippen LogP contribution in [0.1, 0.15) is 37.7 Å². The molecule has 1 aromatic carbocycles. The summed E-state index contributed by atoms with van der Waals surface area (Å²) in [7, 11) is 2.18. The van der Waals surface area contributed by atoms with Gasteiger partial charge in [-0.05, 0) is 44.8 Å². The number of hydrogen-bond donors (Lipinski definition) is 0. The number of likely N-dealkylation sites (tertiary alicyclic amines) is 1. The number of carbonyl (C=O) groups is 1. The zero-order valence-corrected chi connectivity index (χ0v) is 14.3. The Morgan fingerprint density at radius 3 is 3.00 bits per heavy atom. The quantitative estimate of drug-likeness (QED) is 0.837. The van der Waals surface area contributed by atoms with Gasteiger partial charge >= 0.3 is 0 Å². The first-order chi connectivity index (χ1) is 11.2. The standard InChI is InChI=1S/C19H28N2O2/c1-3-10-20(2)13-15-8-11-21(14-15)19(22)17-9-12-23-18-7-5-4-6-16(17)18/h4-7,15,17H,3,8-14H2,1-2H3. The van der Waals surface area contributed by atoms with Crippen molar-refractivity contribution >= 4 is 5.91 Å². The fraction of sp³-hybridized carbons (Fsp3) is 0.632. The first-order valence-electron chi connectivity index (χ1n) is 8.88. The average Bonchev–Trinajstić information content (AvgIpc) is 3.02. The summed E-state index contributed by atoms with van der Waals surface area (Å²) in [5.41, 5.74) is 1.07. The normalized spacial score (nSPS) is 23.7. The number of ether oxygens (including phenoxy) is 1. The molecule has 1 fully saturated rings. The maximum atomic E-state index is 13.0. The van der Waals surface area contributed by atoms with Gasteiger partial charge in [-0.3, -0.25) is 4.79 Å². The van der Waals surface area contributed by atoms with Crippen molar-refractivity contribution < 1.29 is 9.53 Å². The lowest BCUT2D eigenvalue weighted by Crippen LogP contribution is -2.36. The van der Waals surface area contributed by atoms with Crippen LogP contribution in [-0.4, -0.2) is 55.5 Å². The van der Waals surface area contributed by atoms with E-state index in [1.165, 1.54) is 6.42 Å². The Balaban J connectivity index is 1.62. The van der Waals surface area contributed by atoms with E-state index in [2.05, 4.69) is 23.8 Å². The van der Waals surface area contributed by atoms with Crippen LogP contribution in [0.4, 0.5) is 0 Å². The van der Waals surface area contributed by atoms with Gasteiger partial charge in [0, 0.05) is 25.2 Å². The van der Waals surface area contributed by atoms with Gasteiger partial charge < -0.3 is 14.5 Å². The molecule has 0 spiro atoms. The van der Waals surface area contributed by atoms with Crippen molar-refractivity contribution in [3.05, 3.63) is 29.8 Å². The third-order valence-electron chi connectivity index (χ3n) is 5.03. The largest absolute Gasteiger partial charge is 0.493 e. The topological polar surface area (TPSA) is 32.8 Å². The maximum absolute atomic E-state index is 13.0. The second kappa shape index (κ2) is 7.35. The molecule has 4 heteroatoms. The lowest BCUT2D eigenvalue weighted by molar-refractivity contribution is -0.132. The van der Waals surface area contributed by atoms with Gasteiger partial charge in [0.15, 0.2) is 0 Å². The number of rotatable bonds is 5. The van der Waals surface area contributed by atoms with Gasteiger partial charge in [-0.15, -0.1) is 0 Å². The van der Waals surface area contributed by atoms with Gasteiger partial charge in [-0.2, -0.15) is 0 Å². The van der Waals surface area contributed by atoms with E-state index >= 15 is 0 Å². The summed E-state index contributed by atoms with van der Waals surface area (Å²) in [4.78, 5) is 17.4. The average molecular weight is 316 g/mol. The molecular weight excluding hydrogens is 288 g/mol. The third-order valence-corrected chi connectivity index (χ3v) is 5.03. The van der Waals surface area contributed by atoms with E-state index in [4.69, 9.17) is 4.74 Å². The highest BCUT2D eigenvalue weighted by Gasteiger charge is 2.34.